The lowest BCUT2D eigenvalue weighted by atomic mass is 10.1. The van der Waals surface area contributed by atoms with Gasteiger partial charge in [-0.1, -0.05) is 25.1 Å². The fourth-order valence-corrected chi connectivity index (χ4v) is 3.80. The number of nitrogens with one attached hydrogen (secondary N) is 2. The van der Waals surface area contributed by atoms with E-state index in [9.17, 15) is 4.79 Å². The number of para-hydroxylation sites is 1. The van der Waals surface area contributed by atoms with Crippen molar-refractivity contribution in [3.63, 3.8) is 0 Å². The number of hydrogen-bond donors (Lipinski definition) is 2. The Bertz CT molecular complexity index is 1180. The third-order valence-electron chi connectivity index (χ3n) is 5.82. The monoisotopic (exact) mass is 463 g/mol. The van der Waals surface area contributed by atoms with Crippen LogP contribution in [0.2, 0.25) is 0 Å². The van der Waals surface area contributed by atoms with Gasteiger partial charge in [-0.25, -0.2) is 0 Å². The summed E-state index contributed by atoms with van der Waals surface area (Å²) in [7, 11) is 5.04. The number of carbonyl (C=O) groups excluding carboxylic acids is 1. The molecule has 3 rings (SSSR count). The molecular formula is C26H33N5O3. The zero-order chi connectivity index (χ0) is 24.7. The predicted molar refractivity (Wildman–Crippen MR) is 135 cm³/mol. The van der Waals surface area contributed by atoms with E-state index in [1.807, 2.05) is 36.9 Å². The Morgan fingerprint density at radius 1 is 1.09 bits per heavy atom. The zero-order valence-electron chi connectivity index (χ0n) is 20.7. The van der Waals surface area contributed by atoms with Crippen molar-refractivity contribution in [3.05, 3.63) is 70.5 Å². The summed E-state index contributed by atoms with van der Waals surface area (Å²) < 4.78 is 12.5. The van der Waals surface area contributed by atoms with Crippen LogP contribution in [0.1, 0.15) is 39.8 Å². The number of ether oxygens (including phenoxy) is 2. The highest BCUT2D eigenvalue weighted by Crippen LogP contribution is 2.27. The maximum absolute atomic E-state index is 13.1. The second kappa shape index (κ2) is 11.4. The second-order valence-electron chi connectivity index (χ2n) is 7.91. The SMILES string of the molecule is CCc1ccccc1NC(=NCCc1c(C)nn(C)c1C)NC(=O)c1ccc(OC)c(OC)c1. The van der Waals surface area contributed by atoms with Crippen LogP contribution < -0.4 is 20.1 Å². The average Bonchev–Trinajstić information content (AvgIpc) is 3.09. The molecule has 8 heteroatoms. The summed E-state index contributed by atoms with van der Waals surface area (Å²) in [5.74, 6) is 1.14. The quantitative estimate of drug-likeness (QED) is 0.388. The average molecular weight is 464 g/mol. The molecule has 0 atom stereocenters. The van der Waals surface area contributed by atoms with E-state index in [0.717, 1.165) is 35.5 Å². The van der Waals surface area contributed by atoms with Crippen LogP contribution in [0.4, 0.5) is 5.69 Å². The summed E-state index contributed by atoms with van der Waals surface area (Å²) in [6.45, 7) is 6.64. The van der Waals surface area contributed by atoms with E-state index in [-0.39, 0.29) is 5.91 Å². The molecule has 8 nitrogen and oxygen atoms in total. The minimum absolute atomic E-state index is 0.296. The molecule has 180 valence electrons. The lowest BCUT2D eigenvalue weighted by Crippen LogP contribution is -2.36. The second-order valence-corrected chi connectivity index (χ2v) is 7.91. The van der Waals surface area contributed by atoms with Crippen LogP contribution in [-0.4, -0.2) is 42.4 Å². The molecule has 0 bridgehead atoms. The topological polar surface area (TPSA) is 89.8 Å². The first-order chi connectivity index (χ1) is 16.4. The molecule has 0 spiro atoms. The molecule has 1 heterocycles. The van der Waals surface area contributed by atoms with E-state index in [4.69, 9.17) is 14.5 Å². The smallest absolute Gasteiger partial charge is 0.258 e. The van der Waals surface area contributed by atoms with Crippen molar-refractivity contribution in [2.45, 2.75) is 33.6 Å². The fraction of sp³-hybridized carbons (Fsp3) is 0.346. The molecule has 3 aromatic rings. The number of aliphatic imine (C=N–C) groups is 1. The van der Waals surface area contributed by atoms with Crippen molar-refractivity contribution in [2.75, 3.05) is 26.1 Å². The normalized spacial score (nSPS) is 11.3. The zero-order valence-corrected chi connectivity index (χ0v) is 20.7. The number of guanidine groups is 1. The molecule has 0 saturated heterocycles. The van der Waals surface area contributed by atoms with Crippen LogP contribution in [0.15, 0.2) is 47.5 Å². The molecule has 2 N–H and O–H groups in total. The first-order valence-corrected chi connectivity index (χ1v) is 11.3. The molecular weight excluding hydrogens is 430 g/mol. The number of benzene rings is 2. The Balaban J connectivity index is 1.84. The maximum Gasteiger partial charge on any atom is 0.258 e. The number of carbonyl (C=O) groups is 1. The molecule has 1 amide bonds. The van der Waals surface area contributed by atoms with E-state index < -0.39 is 0 Å². The number of nitrogens with zero attached hydrogens (tertiary/aromatic N) is 3. The molecule has 0 fully saturated rings. The number of amides is 1. The first-order valence-electron chi connectivity index (χ1n) is 11.3. The number of rotatable bonds is 8. The van der Waals surface area contributed by atoms with E-state index >= 15 is 0 Å². The largest absolute Gasteiger partial charge is 0.493 e. The van der Waals surface area contributed by atoms with Gasteiger partial charge in [0.2, 0.25) is 5.96 Å². The maximum atomic E-state index is 13.1. The number of methoxy groups -OCH3 is 2. The fourth-order valence-electron chi connectivity index (χ4n) is 3.80. The highest BCUT2D eigenvalue weighted by atomic mass is 16.5. The van der Waals surface area contributed by atoms with Gasteiger partial charge in [-0.3, -0.25) is 19.8 Å². The van der Waals surface area contributed by atoms with Gasteiger partial charge in [-0.15, -0.1) is 0 Å². The van der Waals surface area contributed by atoms with Gasteiger partial charge in [-0.05, 0) is 62.1 Å². The molecule has 1 aromatic heterocycles. The summed E-state index contributed by atoms with van der Waals surface area (Å²) in [5, 5.41) is 10.7. The molecule has 0 aliphatic carbocycles. The van der Waals surface area contributed by atoms with Crippen molar-refractivity contribution >= 4 is 17.6 Å². The van der Waals surface area contributed by atoms with Crippen LogP contribution in [-0.2, 0) is 19.9 Å². The van der Waals surface area contributed by atoms with Crippen LogP contribution in [0, 0.1) is 13.8 Å². The summed E-state index contributed by atoms with van der Waals surface area (Å²) >= 11 is 0. The first kappa shape index (κ1) is 24.8. The van der Waals surface area contributed by atoms with Crippen molar-refractivity contribution in [1.29, 1.82) is 0 Å². The van der Waals surface area contributed by atoms with Crippen LogP contribution in [0.5, 0.6) is 11.5 Å². The summed E-state index contributed by atoms with van der Waals surface area (Å²) in [6, 6.07) is 13.0. The number of aromatic nitrogens is 2. The van der Waals surface area contributed by atoms with Crippen LogP contribution in [0.25, 0.3) is 0 Å². The van der Waals surface area contributed by atoms with Gasteiger partial charge >= 0.3 is 0 Å². The molecule has 34 heavy (non-hydrogen) atoms. The van der Waals surface area contributed by atoms with Gasteiger partial charge < -0.3 is 14.8 Å². The number of aryl methyl sites for hydroxylation is 3. The van der Waals surface area contributed by atoms with Gasteiger partial charge in [0.15, 0.2) is 11.5 Å². The third kappa shape index (κ3) is 5.75. The Kier molecular flexibility index (Phi) is 8.29. The Hall–Kier alpha value is -3.81. The minimum Gasteiger partial charge on any atom is -0.493 e. The van der Waals surface area contributed by atoms with Gasteiger partial charge in [0, 0.05) is 30.5 Å². The number of hydrogen-bond acceptors (Lipinski definition) is 5. The van der Waals surface area contributed by atoms with Crippen LogP contribution in [0.3, 0.4) is 0 Å². The van der Waals surface area contributed by atoms with Gasteiger partial charge in [-0.2, -0.15) is 5.10 Å². The molecule has 0 aliphatic rings. The summed E-state index contributed by atoms with van der Waals surface area (Å²) in [4.78, 5) is 17.8. The lowest BCUT2D eigenvalue weighted by molar-refractivity contribution is 0.0976. The van der Waals surface area contributed by atoms with Crippen molar-refractivity contribution < 1.29 is 14.3 Å². The molecule has 0 radical (unpaired) electrons. The van der Waals surface area contributed by atoms with Gasteiger partial charge in [0.25, 0.3) is 5.91 Å². The summed E-state index contributed by atoms with van der Waals surface area (Å²) in [6.07, 6.45) is 1.58. The Morgan fingerprint density at radius 2 is 1.82 bits per heavy atom. The molecule has 0 aliphatic heterocycles. The molecule has 0 saturated carbocycles. The molecule has 2 aromatic carbocycles. The Morgan fingerprint density at radius 3 is 2.47 bits per heavy atom. The van der Waals surface area contributed by atoms with Crippen molar-refractivity contribution in [3.8, 4) is 11.5 Å². The highest BCUT2D eigenvalue weighted by Gasteiger charge is 2.14. The Labute approximate surface area is 201 Å². The van der Waals surface area contributed by atoms with Crippen molar-refractivity contribution in [2.24, 2.45) is 12.0 Å². The van der Waals surface area contributed by atoms with E-state index in [1.165, 1.54) is 12.7 Å². The van der Waals surface area contributed by atoms with Crippen LogP contribution >= 0.6 is 0 Å². The minimum atomic E-state index is -0.296. The van der Waals surface area contributed by atoms with E-state index in [2.05, 4.69) is 35.6 Å². The summed E-state index contributed by atoms with van der Waals surface area (Å²) in [5.41, 5.74) is 5.77. The van der Waals surface area contributed by atoms with E-state index in [0.29, 0.717) is 29.6 Å². The van der Waals surface area contributed by atoms with Gasteiger partial charge in [0.1, 0.15) is 0 Å². The van der Waals surface area contributed by atoms with Crippen molar-refractivity contribution in [1.82, 2.24) is 15.1 Å². The highest BCUT2D eigenvalue weighted by molar-refractivity contribution is 6.10. The standard InChI is InChI=1S/C26H33N5O3/c1-7-19-10-8-9-11-22(19)28-26(27-15-14-21-17(2)30-31(4)18(21)3)29-25(32)20-12-13-23(33-5)24(16-20)34-6/h8-13,16H,7,14-15H2,1-6H3,(H2,27,28,29,32). The molecule has 0 unspecified atom stereocenters. The lowest BCUT2D eigenvalue weighted by Gasteiger charge is -2.15. The number of anilines is 1. The predicted octanol–water partition coefficient (Wildman–Crippen LogP) is 4.06. The van der Waals surface area contributed by atoms with Gasteiger partial charge in [0.05, 0.1) is 19.9 Å². The van der Waals surface area contributed by atoms with E-state index in [1.54, 1.807) is 25.3 Å². The third-order valence-corrected chi connectivity index (χ3v) is 5.82.